The summed E-state index contributed by atoms with van der Waals surface area (Å²) in [7, 11) is 0. The molecular weight excluding hydrogens is 505 g/mol. The SMILES string of the molecule is C[C@H]1CN(c2ncc(NC(=O)C3CCCCC3)cc2Cl)CCN1C1CCN(Cc2ccc(Cl)cc2)CC1. The molecule has 3 fully saturated rings. The highest BCUT2D eigenvalue weighted by Gasteiger charge is 2.32. The normalized spacial score (nSPS) is 22.8. The monoisotopic (exact) mass is 543 g/mol. The minimum absolute atomic E-state index is 0.103. The van der Waals surface area contributed by atoms with Crippen molar-refractivity contribution < 1.29 is 4.79 Å². The van der Waals surface area contributed by atoms with Crippen LogP contribution in [0.3, 0.4) is 0 Å². The molecule has 6 nitrogen and oxygen atoms in total. The Morgan fingerprint density at radius 2 is 1.73 bits per heavy atom. The van der Waals surface area contributed by atoms with Gasteiger partial charge in [-0.25, -0.2) is 4.98 Å². The van der Waals surface area contributed by atoms with Gasteiger partial charge in [-0.1, -0.05) is 54.6 Å². The summed E-state index contributed by atoms with van der Waals surface area (Å²) in [4.78, 5) is 24.8. The molecule has 1 N–H and O–H groups in total. The average molecular weight is 545 g/mol. The van der Waals surface area contributed by atoms with Gasteiger partial charge in [-0.2, -0.15) is 0 Å². The van der Waals surface area contributed by atoms with Crippen molar-refractivity contribution in [2.24, 2.45) is 5.92 Å². The Bertz CT molecular complexity index is 1050. The number of anilines is 2. The fraction of sp³-hybridized carbons (Fsp3) is 0.586. The van der Waals surface area contributed by atoms with E-state index in [1.807, 2.05) is 18.2 Å². The van der Waals surface area contributed by atoms with Crippen LogP contribution in [0, 0.1) is 5.92 Å². The zero-order valence-electron chi connectivity index (χ0n) is 21.8. The predicted molar refractivity (Wildman–Crippen MR) is 153 cm³/mol. The van der Waals surface area contributed by atoms with Crippen molar-refractivity contribution in [2.75, 3.05) is 42.9 Å². The van der Waals surface area contributed by atoms with Crippen LogP contribution in [-0.4, -0.2) is 65.5 Å². The second kappa shape index (κ2) is 12.3. The first-order valence-electron chi connectivity index (χ1n) is 13.9. The molecule has 1 aromatic heterocycles. The highest BCUT2D eigenvalue weighted by atomic mass is 35.5. The topological polar surface area (TPSA) is 51.7 Å². The van der Waals surface area contributed by atoms with Crippen molar-refractivity contribution in [3.05, 3.63) is 52.1 Å². The maximum absolute atomic E-state index is 12.6. The number of piperazine rings is 1. The van der Waals surface area contributed by atoms with Gasteiger partial charge in [0.2, 0.25) is 5.91 Å². The summed E-state index contributed by atoms with van der Waals surface area (Å²) in [6.07, 6.45) is 9.64. The Morgan fingerprint density at radius 3 is 2.41 bits per heavy atom. The number of benzene rings is 1. The molecule has 1 aromatic carbocycles. The third-order valence-corrected chi connectivity index (χ3v) is 8.92. The molecule has 1 atom stereocenters. The number of amides is 1. The van der Waals surface area contributed by atoms with Gasteiger partial charge in [0, 0.05) is 49.2 Å². The van der Waals surface area contributed by atoms with Crippen LogP contribution in [0.5, 0.6) is 0 Å². The molecule has 2 aromatic rings. The van der Waals surface area contributed by atoms with Crippen LogP contribution in [0.15, 0.2) is 36.5 Å². The van der Waals surface area contributed by atoms with E-state index in [4.69, 9.17) is 23.2 Å². The molecule has 3 heterocycles. The molecule has 0 unspecified atom stereocenters. The maximum Gasteiger partial charge on any atom is 0.227 e. The molecule has 1 saturated carbocycles. The summed E-state index contributed by atoms with van der Waals surface area (Å²) >= 11 is 12.7. The van der Waals surface area contributed by atoms with E-state index in [2.05, 4.69) is 44.1 Å². The highest BCUT2D eigenvalue weighted by molar-refractivity contribution is 6.33. The summed E-state index contributed by atoms with van der Waals surface area (Å²) < 4.78 is 0. The fourth-order valence-corrected chi connectivity index (χ4v) is 6.72. The zero-order chi connectivity index (χ0) is 25.8. The quantitative estimate of drug-likeness (QED) is 0.478. The van der Waals surface area contributed by atoms with Crippen molar-refractivity contribution in [1.82, 2.24) is 14.8 Å². The first kappa shape index (κ1) is 26.7. The number of nitrogens with one attached hydrogen (secondary N) is 1. The number of hydrogen-bond acceptors (Lipinski definition) is 5. The van der Waals surface area contributed by atoms with Crippen LogP contribution in [0.1, 0.15) is 57.4 Å². The number of aromatic nitrogens is 1. The lowest BCUT2D eigenvalue weighted by Crippen LogP contribution is -2.57. The molecule has 8 heteroatoms. The Morgan fingerprint density at radius 1 is 1.00 bits per heavy atom. The van der Waals surface area contributed by atoms with E-state index < -0.39 is 0 Å². The first-order valence-corrected chi connectivity index (χ1v) is 14.7. The van der Waals surface area contributed by atoms with Crippen molar-refractivity contribution in [2.45, 2.75) is 70.5 Å². The largest absolute Gasteiger partial charge is 0.353 e. The van der Waals surface area contributed by atoms with Gasteiger partial charge in [0.15, 0.2) is 0 Å². The van der Waals surface area contributed by atoms with Crippen molar-refractivity contribution in [3.8, 4) is 0 Å². The molecule has 1 amide bonds. The highest BCUT2D eigenvalue weighted by Crippen LogP contribution is 2.31. The van der Waals surface area contributed by atoms with E-state index in [9.17, 15) is 4.79 Å². The molecule has 0 bridgehead atoms. The van der Waals surface area contributed by atoms with E-state index >= 15 is 0 Å². The minimum Gasteiger partial charge on any atom is -0.353 e. The summed E-state index contributed by atoms with van der Waals surface area (Å²) in [6.45, 7) is 8.40. The van der Waals surface area contributed by atoms with E-state index in [0.29, 0.717) is 22.8 Å². The van der Waals surface area contributed by atoms with Crippen LogP contribution in [0.4, 0.5) is 11.5 Å². The van der Waals surface area contributed by atoms with Gasteiger partial charge < -0.3 is 10.2 Å². The van der Waals surface area contributed by atoms with Crippen LogP contribution in [0.25, 0.3) is 0 Å². The number of pyridine rings is 1. The van der Waals surface area contributed by atoms with Crippen molar-refractivity contribution in [3.63, 3.8) is 0 Å². The van der Waals surface area contributed by atoms with Crippen LogP contribution < -0.4 is 10.2 Å². The van der Waals surface area contributed by atoms with E-state index in [-0.39, 0.29) is 11.8 Å². The van der Waals surface area contributed by atoms with Gasteiger partial charge in [0.05, 0.1) is 16.9 Å². The summed E-state index contributed by atoms with van der Waals surface area (Å²) in [5.41, 5.74) is 2.02. The Kier molecular flexibility index (Phi) is 8.91. The lowest BCUT2D eigenvalue weighted by molar-refractivity contribution is -0.120. The third kappa shape index (κ3) is 6.78. The molecule has 0 radical (unpaired) electrons. The molecule has 5 rings (SSSR count). The van der Waals surface area contributed by atoms with E-state index in [1.54, 1.807) is 6.20 Å². The van der Waals surface area contributed by atoms with Crippen LogP contribution >= 0.6 is 23.2 Å². The van der Waals surface area contributed by atoms with Crippen molar-refractivity contribution >= 4 is 40.6 Å². The fourth-order valence-electron chi connectivity index (χ4n) is 6.30. The third-order valence-electron chi connectivity index (χ3n) is 8.39. The van der Waals surface area contributed by atoms with Gasteiger partial charge in [-0.15, -0.1) is 0 Å². The number of likely N-dealkylation sites (tertiary alicyclic amines) is 1. The number of hydrogen-bond donors (Lipinski definition) is 1. The number of rotatable bonds is 6. The molecule has 2 aliphatic heterocycles. The van der Waals surface area contributed by atoms with Crippen molar-refractivity contribution in [1.29, 1.82) is 0 Å². The average Bonchev–Trinajstić information content (AvgIpc) is 2.91. The number of nitrogens with zero attached hydrogens (tertiary/aromatic N) is 4. The lowest BCUT2D eigenvalue weighted by Gasteiger charge is -2.47. The minimum atomic E-state index is 0.103. The summed E-state index contributed by atoms with van der Waals surface area (Å²) in [5.74, 6) is 1.04. The molecule has 200 valence electrons. The second-order valence-corrected chi connectivity index (χ2v) is 11.9. The molecule has 1 aliphatic carbocycles. The van der Waals surface area contributed by atoms with Gasteiger partial charge in [-0.3, -0.25) is 14.6 Å². The molecule has 37 heavy (non-hydrogen) atoms. The zero-order valence-corrected chi connectivity index (χ0v) is 23.4. The Hall–Kier alpha value is -1.86. The smallest absolute Gasteiger partial charge is 0.227 e. The summed E-state index contributed by atoms with van der Waals surface area (Å²) in [5, 5.41) is 4.44. The molecule has 3 aliphatic rings. The standard InChI is InChI=1S/C29H39Cl2N5O/c1-21-19-35(28-27(31)17-25(18-32-28)33-29(37)23-5-3-2-4-6-23)15-16-36(21)26-11-13-34(14-12-26)20-22-7-9-24(30)10-8-22/h7-10,17-18,21,23,26H,2-6,11-16,19-20H2,1H3,(H,33,37)/t21-/m0/s1. The van der Waals surface area contributed by atoms with Gasteiger partial charge >= 0.3 is 0 Å². The van der Waals surface area contributed by atoms with Gasteiger partial charge in [0.1, 0.15) is 5.82 Å². The number of halogens is 2. The first-order chi connectivity index (χ1) is 18.0. The van der Waals surface area contributed by atoms with Gasteiger partial charge in [-0.05, 0) is 69.5 Å². The van der Waals surface area contributed by atoms with E-state index in [0.717, 1.165) is 75.8 Å². The van der Waals surface area contributed by atoms with Crippen LogP contribution in [-0.2, 0) is 11.3 Å². The van der Waals surface area contributed by atoms with E-state index in [1.165, 1.54) is 24.8 Å². The predicted octanol–water partition coefficient (Wildman–Crippen LogP) is 6.08. The van der Waals surface area contributed by atoms with Crippen LogP contribution in [0.2, 0.25) is 10.0 Å². The molecular formula is C29H39Cl2N5O. The molecule has 0 spiro atoms. The number of piperidine rings is 1. The second-order valence-electron chi connectivity index (χ2n) is 11.0. The molecule has 2 saturated heterocycles. The number of carbonyl (C=O) groups is 1. The Labute approximate surface area is 231 Å². The maximum atomic E-state index is 12.6. The summed E-state index contributed by atoms with van der Waals surface area (Å²) in [6, 6.07) is 11.1. The van der Waals surface area contributed by atoms with Gasteiger partial charge in [0.25, 0.3) is 0 Å². The lowest BCUT2D eigenvalue weighted by atomic mass is 9.88. The number of carbonyl (C=O) groups excluding carboxylic acids is 1. The Balaban J connectivity index is 1.11.